The molecule has 0 aliphatic carbocycles. The highest BCUT2D eigenvalue weighted by Gasteiger charge is 2.20. The summed E-state index contributed by atoms with van der Waals surface area (Å²) in [4.78, 5) is 2.27. The summed E-state index contributed by atoms with van der Waals surface area (Å²) in [6.45, 7) is 6.35. The molecule has 0 aliphatic rings. The van der Waals surface area contributed by atoms with Gasteiger partial charge in [-0.05, 0) is 35.1 Å². The minimum Gasteiger partial charge on any atom is -0.374 e. The van der Waals surface area contributed by atoms with Crippen molar-refractivity contribution in [2.75, 3.05) is 13.1 Å². The highest BCUT2D eigenvalue weighted by molar-refractivity contribution is 6.37. The molecule has 0 amide bonds. The number of benzene rings is 3. The molecule has 30 heavy (non-hydrogen) atoms. The first-order valence-corrected chi connectivity index (χ1v) is 12.1. The van der Waals surface area contributed by atoms with Crippen LogP contribution in [0.15, 0.2) is 48.5 Å². The number of halogens is 1. The van der Waals surface area contributed by atoms with Crippen LogP contribution in [0.25, 0.3) is 21.5 Å². The lowest BCUT2D eigenvalue weighted by atomic mass is 9.97. The van der Waals surface area contributed by atoms with Gasteiger partial charge in [0.1, 0.15) is 6.23 Å². The lowest BCUT2D eigenvalue weighted by Gasteiger charge is -2.29. The van der Waals surface area contributed by atoms with Crippen molar-refractivity contribution < 1.29 is 5.11 Å². The molecule has 0 bridgehead atoms. The average molecular weight is 426 g/mol. The average Bonchev–Trinajstić information content (AvgIpc) is 2.77. The minimum absolute atomic E-state index is 0.603. The third-order valence-corrected chi connectivity index (χ3v) is 6.42. The van der Waals surface area contributed by atoms with Gasteiger partial charge in [-0.3, -0.25) is 4.90 Å². The van der Waals surface area contributed by atoms with E-state index >= 15 is 0 Å². The topological polar surface area (TPSA) is 23.5 Å². The molecule has 2 nitrogen and oxygen atoms in total. The lowest BCUT2D eigenvalue weighted by molar-refractivity contribution is 0.000468. The molecular formula is C27H36ClNO. The van der Waals surface area contributed by atoms with Gasteiger partial charge in [0, 0.05) is 29.1 Å². The highest BCUT2D eigenvalue weighted by atomic mass is 35.5. The molecule has 1 atom stereocenters. The van der Waals surface area contributed by atoms with E-state index in [-0.39, 0.29) is 0 Å². The van der Waals surface area contributed by atoms with Crippen molar-refractivity contribution in [2.45, 2.75) is 71.4 Å². The Bertz CT molecular complexity index is 927. The maximum atomic E-state index is 11.4. The van der Waals surface area contributed by atoms with Crippen molar-refractivity contribution in [3.63, 3.8) is 0 Å². The number of fused-ring (bicyclic) bond motifs is 3. The molecule has 0 spiro atoms. The fraction of sp³-hybridized carbons (Fsp3) is 0.481. The Hall–Kier alpha value is -1.61. The molecule has 3 heteroatoms. The van der Waals surface area contributed by atoms with Crippen LogP contribution in [0.4, 0.5) is 0 Å². The van der Waals surface area contributed by atoms with Gasteiger partial charge in [-0.25, -0.2) is 0 Å². The van der Waals surface area contributed by atoms with Crippen LogP contribution in [0.1, 0.15) is 77.0 Å². The summed E-state index contributed by atoms with van der Waals surface area (Å²) in [5, 5.41) is 16.6. The van der Waals surface area contributed by atoms with Gasteiger partial charge in [-0.1, -0.05) is 106 Å². The van der Waals surface area contributed by atoms with E-state index in [2.05, 4.69) is 55.1 Å². The monoisotopic (exact) mass is 425 g/mol. The van der Waals surface area contributed by atoms with Crippen LogP contribution in [0.2, 0.25) is 5.02 Å². The van der Waals surface area contributed by atoms with Gasteiger partial charge >= 0.3 is 0 Å². The zero-order chi connectivity index (χ0) is 21.3. The fourth-order valence-electron chi connectivity index (χ4n) is 4.37. The number of nitrogens with zero attached hydrogens (tertiary/aromatic N) is 1. The highest BCUT2D eigenvalue weighted by Crippen LogP contribution is 2.36. The summed E-state index contributed by atoms with van der Waals surface area (Å²) in [5.74, 6) is 0. The standard InChI is InChI=1S/C27H36ClNO/c1-3-5-7-11-18-29(19-12-8-6-4-2)27(30)24-17-13-16-22-21-14-9-10-15-23(21)26(28)20-25(22)24/h9-10,13-17,20,27,30H,3-8,11-12,18-19H2,1-2H3. The Morgan fingerprint density at radius 2 is 1.30 bits per heavy atom. The Labute approximate surface area is 186 Å². The van der Waals surface area contributed by atoms with Crippen molar-refractivity contribution in [1.29, 1.82) is 0 Å². The largest absolute Gasteiger partial charge is 0.374 e. The summed E-state index contributed by atoms with van der Waals surface area (Å²) in [5.41, 5.74) is 0.964. The van der Waals surface area contributed by atoms with Crippen molar-refractivity contribution in [3.05, 3.63) is 59.1 Å². The summed E-state index contributed by atoms with van der Waals surface area (Å²) in [7, 11) is 0. The molecule has 1 unspecified atom stereocenters. The lowest BCUT2D eigenvalue weighted by Crippen LogP contribution is -2.31. The molecule has 0 heterocycles. The van der Waals surface area contributed by atoms with Gasteiger partial charge in [0.15, 0.2) is 0 Å². The Kier molecular flexibility index (Phi) is 8.99. The van der Waals surface area contributed by atoms with E-state index in [4.69, 9.17) is 11.6 Å². The van der Waals surface area contributed by atoms with Crippen molar-refractivity contribution in [3.8, 4) is 0 Å². The maximum Gasteiger partial charge on any atom is 0.134 e. The molecule has 162 valence electrons. The van der Waals surface area contributed by atoms with Gasteiger partial charge in [-0.2, -0.15) is 0 Å². The Morgan fingerprint density at radius 3 is 1.93 bits per heavy atom. The molecular weight excluding hydrogens is 390 g/mol. The van der Waals surface area contributed by atoms with E-state index in [9.17, 15) is 5.11 Å². The summed E-state index contributed by atoms with van der Waals surface area (Å²) in [6.07, 6.45) is 9.09. The predicted molar refractivity (Wildman–Crippen MR) is 131 cm³/mol. The normalized spacial score (nSPS) is 12.8. The maximum absolute atomic E-state index is 11.4. The molecule has 3 aromatic rings. The van der Waals surface area contributed by atoms with Gasteiger partial charge in [0.05, 0.1) is 0 Å². The Balaban J connectivity index is 1.91. The third-order valence-electron chi connectivity index (χ3n) is 6.11. The zero-order valence-corrected chi connectivity index (χ0v) is 19.3. The molecule has 0 aromatic heterocycles. The molecule has 3 aromatic carbocycles. The molecule has 0 saturated heterocycles. The van der Waals surface area contributed by atoms with Gasteiger partial charge in [-0.15, -0.1) is 0 Å². The molecule has 1 N–H and O–H groups in total. The van der Waals surface area contributed by atoms with Crippen molar-refractivity contribution in [2.24, 2.45) is 0 Å². The second kappa shape index (κ2) is 11.7. The van der Waals surface area contributed by atoms with E-state index in [1.54, 1.807) is 0 Å². The number of aliphatic hydroxyl groups excluding tert-OH is 1. The summed E-state index contributed by atoms with van der Waals surface area (Å²) >= 11 is 6.63. The van der Waals surface area contributed by atoms with E-state index < -0.39 is 6.23 Å². The zero-order valence-electron chi connectivity index (χ0n) is 18.5. The molecule has 0 saturated carbocycles. The van der Waals surface area contributed by atoms with Gasteiger partial charge in [0.2, 0.25) is 0 Å². The summed E-state index contributed by atoms with van der Waals surface area (Å²) in [6, 6.07) is 16.5. The molecule has 0 aliphatic heterocycles. The second-order valence-electron chi connectivity index (χ2n) is 8.38. The predicted octanol–water partition coefficient (Wildman–Crippen LogP) is 8.10. The number of hydrogen-bond acceptors (Lipinski definition) is 2. The van der Waals surface area contributed by atoms with Crippen LogP contribution in [0.3, 0.4) is 0 Å². The number of aliphatic hydroxyl groups is 1. The number of rotatable bonds is 12. The molecule has 3 rings (SSSR count). The summed E-state index contributed by atoms with van der Waals surface area (Å²) < 4.78 is 0. The van der Waals surface area contributed by atoms with E-state index in [0.717, 1.165) is 58.1 Å². The quantitative estimate of drug-likeness (QED) is 0.180. The van der Waals surface area contributed by atoms with Crippen LogP contribution >= 0.6 is 11.6 Å². The van der Waals surface area contributed by atoms with E-state index in [1.165, 1.54) is 38.5 Å². The van der Waals surface area contributed by atoms with Crippen molar-refractivity contribution in [1.82, 2.24) is 4.90 Å². The van der Waals surface area contributed by atoms with Gasteiger partial charge < -0.3 is 5.11 Å². The minimum atomic E-state index is -0.603. The van der Waals surface area contributed by atoms with Crippen LogP contribution in [0, 0.1) is 0 Å². The number of hydrogen-bond donors (Lipinski definition) is 1. The smallest absolute Gasteiger partial charge is 0.134 e. The molecule has 0 radical (unpaired) electrons. The van der Waals surface area contributed by atoms with Crippen LogP contribution in [0.5, 0.6) is 0 Å². The van der Waals surface area contributed by atoms with E-state index in [1.807, 2.05) is 12.1 Å². The molecule has 0 fully saturated rings. The van der Waals surface area contributed by atoms with Crippen LogP contribution in [-0.2, 0) is 0 Å². The third kappa shape index (κ3) is 5.55. The van der Waals surface area contributed by atoms with E-state index in [0.29, 0.717) is 0 Å². The van der Waals surface area contributed by atoms with Crippen molar-refractivity contribution >= 4 is 33.1 Å². The van der Waals surface area contributed by atoms with Crippen LogP contribution in [-0.4, -0.2) is 23.1 Å². The Morgan fingerprint density at radius 1 is 0.733 bits per heavy atom. The SMILES string of the molecule is CCCCCCN(CCCCCC)C(O)c1cccc2c1cc(Cl)c1ccccc12. The van der Waals surface area contributed by atoms with Crippen LogP contribution < -0.4 is 0 Å². The van der Waals surface area contributed by atoms with Gasteiger partial charge in [0.25, 0.3) is 0 Å². The first-order valence-electron chi connectivity index (χ1n) is 11.7. The second-order valence-corrected chi connectivity index (χ2v) is 8.78. The first-order chi connectivity index (χ1) is 14.7. The fourth-order valence-corrected chi connectivity index (χ4v) is 4.65. The number of unbranched alkanes of at least 4 members (excludes halogenated alkanes) is 6. The first kappa shape index (κ1) is 23.1.